The molecule has 29 heavy (non-hydrogen) atoms. The van der Waals surface area contributed by atoms with E-state index in [0.717, 1.165) is 12.1 Å². The number of rotatable bonds is 5. The van der Waals surface area contributed by atoms with E-state index in [1.807, 2.05) is 0 Å². The number of fused-ring (bicyclic) bond motifs is 1. The van der Waals surface area contributed by atoms with Gasteiger partial charge in [0, 0.05) is 30.4 Å². The number of sulfonamides is 1. The highest BCUT2D eigenvalue weighted by Crippen LogP contribution is 2.30. The molecule has 0 radical (unpaired) electrons. The normalized spacial score (nSPS) is 16.0. The second kappa shape index (κ2) is 6.65. The van der Waals surface area contributed by atoms with Gasteiger partial charge >= 0.3 is 0 Å². The van der Waals surface area contributed by atoms with E-state index in [4.69, 9.17) is 4.74 Å². The van der Waals surface area contributed by atoms with Gasteiger partial charge in [-0.1, -0.05) is 0 Å². The van der Waals surface area contributed by atoms with E-state index in [2.05, 4.69) is 15.0 Å². The number of H-pyrrole nitrogens is 1. The van der Waals surface area contributed by atoms with Gasteiger partial charge in [0.2, 0.25) is 0 Å². The highest BCUT2D eigenvalue weighted by Gasteiger charge is 2.40. The molecule has 1 amide bonds. The largest absolute Gasteiger partial charge is 0.377 e. The Bertz CT molecular complexity index is 1230. The molecule has 11 heteroatoms. The Labute approximate surface area is 164 Å². The molecule has 2 aromatic heterocycles. The van der Waals surface area contributed by atoms with Gasteiger partial charge in [0.05, 0.1) is 24.3 Å². The lowest BCUT2D eigenvalue weighted by Gasteiger charge is -2.38. The Morgan fingerprint density at radius 3 is 2.59 bits per heavy atom. The number of aromatic amines is 1. The number of nitrogens with one attached hydrogen (secondary N) is 3. The molecule has 1 saturated heterocycles. The zero-order chi connectivity index (χ0) is 21.0. The van der Waals surface area contributed by atoms with Gasteiger partial charge in [0.1, 0.15) is 5.69 Å². The number of amides is 1. The minimum atomic E-state index is -3.99. The van der Waals surface area contributed by atoms with Crippen molar-refractivity contribution in [2.24, 2.45) is 7.05 Å². The number of carbonyl (C=O) groups excluding carboxylic acids is 1. The molecule has 1 aromatic carbocycles. The lowest BCUT2D eigenvalue weighted by atomic mass is 10.0. The number of ether oxygens (including phenoxy) is 1. The first-order valence-electron chi connectivity index (χ1n) is 8.65. The molecule has 8 nitrogen and oxygen atoms in total. The Morgan fingerprint density at radius 2 is 1.97 bits per heavy atom. The topological polar surface area (TPSA) is 105 Å². The van der Waals surface area contributed by atoms with Crippen LogP contribution in [0.5, 0.6) is 0 Å². The van der Waals surface area contributed by atoms with Crippen LogP contribution in [0, 0.1) is 11.6 Å². The molecule has 1 aliphatic rings. The molecule has 0 saturated carbocycles. The van der Waals surface area contributed by atoms with Gasteiger partial charge in [0.15, 0.2) is 16.7 Å². The van der Waals surface area contributed by atoms with E-state index < -0.39 is 33.1 Å². The lowest BCUT2D eigenvalue weighted by Crippen LogP contribution is -2.59. The van der Waals surface area contributed by atoms with E-state index in [-0.39, 0.29) is 35.1 Å². The van der Waals surface area contributed by atoms with Crippen molar-refractivity contribution in [1.82, 2.24) is 14.3 Å². The molecule has 0 unspecified atom stereocenters. The monoisotopic (exact) mass is 424 g/mol. The predicted molar refractivity (Wildman–Crippen MR) is 101 cm³/mol. The Morgan fingerprint density at radius 1 is 1.24 bits per heavy atom. The highest BCUT2D eigenvalue weighted by molar-refractivity contribution is 7.89. The average Bonchev–Trinajstić information content (AvgIpc) is 3.15. The summed E-state index contributed by atoms with van der Waals surface area (Å²) in [5.41, 5.74) is -0.364. The van der Waals surface area contributed by atoms with Crippen molar-refractivity contribution in [3.63, 3.8) is 0 Å². The van der Waals surface area contributed by atoms with Crippen molar-refractivity contribution in [3.05, 3.63) is 47.8 Å². The van der Waals surface area contributed by atoms with Crippen LogP contribution in [0.15, 0.2) is 35.5 Å². The van der Waals surface area contributed by atoms with Crippen LogP contribution < -0.4 is 10.0 Å². The van der Waals surface area contributed by atoms with Crippen LogP contribution in [0.1, 0.15) is 17.4 Å². The molecule has 1 fully saturated rings. The number of hydrogen-bond donors (Lipinski definition) is 3. The quantitative estimate of drug-likeness (QED) is 0.583. The van der Waals surface area contributed by atoms with Crippen LogP contribution in [0.2, 0.25) is 0 Å². The number of halogens is 2. The Balaban J connectivity index is 1.74. The van der Waals surface area contributed by atoms with Crippen LogP contribution in [0.3, 0.4) is 0 Å². The predicted octanol–water partition coefficient (Wildman–Crippen LogP) is 2.10. The maximum Gasteiger partial charge on any atom is 0.273 e. The fraction of sp³-hybridized carbons (Fsp3) is 0.278. The number of carbonyl (C=O) groups is 1. The molecular formula is C18H18F2N4O4S. The van der Waals surface area contributed by atoms with Crippen molar-refractivity contribution in [1.29, 1.82) is 0 Å². The van der Waals surface area contributed by atoms with Gasteiger partial charge in [-0.2, -0.15) is 4.72 Å². The van der Waals surface area contributed by atoms with Gasteiger partial charge < -0.3 is 19.6 Å². The number of anilines is 1. The smallest absolute Gasteiger partial charge is 0.273 e. The zero-order valence-electron chi connectivity index (χ0n) is 15.5. The van der Waals surface area contributed by atoms with E-state index >= 15 is 0 Å². The minimum absolute atomic E-state index is 0.0421. The van der Waals surface area contributed by atoms with Gasteiger partial charge in [-0.25, -0.2) is 17.2 Å². The molecule has 3 heterocycles. The van der Waals surface area contributed by atoms with Crippen LogP contribution in [-0.2, 0) is 21.8 Å². The van der Waals surface area contributed by atoms with E-state index in [1.54, 1.807) is 13.0 Å². The lowest BCUT2D eigenvalue weighted by molar-refractivity contribution is -0.0523. The highest BCUT2D eigenvalue weighted by atomic mass is 32.2. The first-order chi connectivity index (χ1) is 13.6. The van der Waals surface area contributed by atoms with Crippen molar-refractivity contribution in [3.8, 4) is 0 Å². The van der Waals surface area contributed by atoms with Gasteiger partial charge in [-0.05, 0) is 25.1 Å². The standard InChI is InChI=1S/C18H18F2N4O4S/c1-18(8-28-9-18)23-29(26,27)17-14-11(5-6-21-14)15(24(17)2)16(25)22-10-3-4-12(19)13(20)7-10/h3-7,21,23H,8-9H2,1-2H3,(H,22,25). The van der Waals surface area contributed by atoms with Gasteiger partial charge in [-0.3, -0.25) is 4.79 Å². The summed E-state index contributed by atoms with van der Waals surface area (Å²) in [6.07, 6.45) is 1.52. The summed E-state index contributed by atoms with van der Waals surface area (Å²) in [6, 6.07) is 4.52. The zero-order valence-corrected chi connectivity index (χ0v) is 16.4. The number of benzene rings is 1. The molecule has 0 aliphatic carbocycles. The Hall–Kier alpha value is -2.76. The van der Waals surface area contributed by atoms with Crippen LogP contribution in [0.4, 0.5) is 14.5 Å². The average molecular weight is 424 g/mol. The molecule has 1 aliphatic heterocycles. The molecule has 154 valence electrons. The summed E-state index contributed by atoms with van der Waals surface area (Å²) in [5, 5.41) is 2.74. The third-order valence-corrected chi connectivity index (χ3v) is 6.47. The van der Waals surface area contributed by atoms with Crippen LogP contribution in [-0.4, -0.2) is 42.6 Å². The fourth-order valence-electron chi connectivity index (χ4n) is 3.39. The van der Waals surface area contributed by atoms with Crippen LogP contribution >= 0.6 is 0 Å². The molecular weight excluding hydrogens is 406 g/mol. The van der Waals surface area contributed by atoms with Gasteiger partial charge in [0.25, 0.3) is 15.9 Å². The van der Waals surface area contributed by atoms with Crippen LogP contribution in [0.25, 0.3) is 10.9 Å². The van der Waals surface area contributed by atoms with Gasteiger partial charge in [-0.15, -0.1) is 0 Å². The molecule has 3 N–H and O–H groups in total. The van der Waals surface area contributed by atoms with Crippen molar-refractivity contribution >= 4 is 32.5 Å². The maximum atomic E-state index is 13.4. The van der Waals surface area contributed by atoms with E-state index in [1.165, 1.54) is 23.9 Å². The summed E-state index contributed by atoms with van der Waals surface area (Å²) in [5.74, 6) is -2.81. The summed E-state index contributed by atoms with van der Waals surface area (Å²) < 4.78 is 61.5. The third kappa shape index (κ3) is 3.30. The molecule has 0 bridgehead atoms. The molecule has 0 atom stereocenters. The van der Waals surface area contributed by atoms with E-state index in [9.17, 15) is 22.0 Å². The molecule has 0 spiro atoms. The number of aromatic nitrogens is 2. The SMILES string of the molecule is Cn1c(C(=O)Nc2ccc(F)c(F)c2)c2cc[nH]c2c1S(=O)(=O)NC1(C)COC1. The van der Waals surface area contributed by atoms with Crippen molar-refractivity contribution in [2.45, 2.75) is 17.5 Å². The second-order valence-electron chi connectivity index (χ2n) is 7.22. The van der Waals surface area contributed by atoms with Crippen molar-refractivity contribution in [2.75, 3.05) is 18.5 Å². The fourth-order valence-corrected chi connectivity index (χ4v) is 5.14. The summed E-state index contributed by atoms with van der Waals surface area (Å²) in [7, 11) is -2.55. The maximum absolute atomic E-state index is 13.4. The number of hydrogen-bond acceptors (Lipinski definition) is 4. The summed E-state index contributed by atoms with van der Waals surface area (Å²) in [6.45, 7) is 2.21. The summed E-state index contributed by atoms with van der Waals surface area (Å²) >= 11 is 0. The minimum Gasteiger partial charge on any atom is -0.377 e. The molecule has 4 rings (SSSR count). The third-order valence-electron chi connectivity index (χ3n) is 4.73. The number of nitrogens with zero attached hydrogens (tertiary/aromatic N) is 1. The summed E-state index contributed by atoms with van der Waals surface area (Å²) in [4.78, 5) is 15.7. The first kappa shape index (κ1) is 19.6. The second-order valence-corrected chi connectivity index (χ2v) is 8.82. The van der Waals surface area contributed by atoms with Crippen molar-refractivity contribution < 1.29 is 26.7 Å². The first-order valence-corrected chi connectivity index (χ1v) is 10.1. The molecule has 3 aromatic rings. The Kier molecular flexibility index (Phi) is 4.48. The van der Waals surface area contributed by atoms with E-state index in [0.29, 0.717) is 5.39 Å².